The number of benzene rings is 1. The number of nitrogens with one attached hydrogen (secondary N) is 1. The van der Waals surface area contributed by atoms with Crippen molar-refractivity contribution in [1.29, 1.82) is 0 Å². The van der Waals surface area contributed by atoms with E-state index >= 15 is 0 Å². The first kappa shape index (κ1) is 15.9. The first-order valence-corrected chi connectivity index (χ1v) is 9.69. The Morgan fingerprint density at radius 3 is 2.88 bits per heavy atom. The fourth-order valence-electron chi connectivity index (χ4n) is 4.89. The van der Waals surface area contributed by atoms with Crippen molar-refractivity contribution in [3.8, 4) is 5.75 Å². The number of aryl methyl sites for hydroxylation is 1. The molecule has 1 atom stereocenters. The summed E-state index contributed by atoms with van der Waals surface area (Å²) in [5, 5.41) is 0. The Morgan fingerprint density at radius 1 is 1.23 bits per heavy atom. The molecule has 3 aromatic rings. The molecule has 1 aliphatic carbocycles. The lowest BCUT2D eigenvalue weighted by Crippen LogP contribution is -2.34. The second-order valence-corrected chi connectivity index (χ2v) is 8.20. The maximum Gasteiger partial charge on any atom is 0.177 e. The van der Waals surface area contributed by atoms with Gasteiger partial charge in [0.25, 0.3) is 0 Å². The highest BCUT2D eigenvalue weighted by Gasteiger charge is 2.44. The van der Waals surface area contributed by atoms with Crippen LogP contribution in [-0.2, 0) is 5.41 Å². The van der Waals surface area contributed by atoms with Gasteiger partial charge in [0.05, 0.1) is 12.1 Å². The normalized spacial score (nSPS) is 26.0. The Hall–Kier alpha value is -2.36. The number of fused-ring (bicyclic) bond motifs is 3. The SMILES string of the molecule is Cc1cnc2nc(C(C)C3CCC4(CC3)COc3ccccc34)[nH]c2c1. The summed E-state index contributed by atoms with van der Waals surface area (Å²) in [7, 11) is 0. The number of hydrogen-bond acceptors (Lipinski definition) is 3. The van der Waals surface area contributed by atoms with Crippen molar-refractivity contribution < 1.29 is 4.74 Å². The minimum Gasteiger partial charge on any atom is -0.492 e. The van der Waals surface area contributed by atoms with Gasteiger partial charge in [-0.15, -0.1) is 0 Å². The molecule has 1 aliphatic heterocycles. The summed E-state index contributed by atoms with van der Waals surface area (Å²) in [5.74, 6) is 3.27. The molecule has 5 rings (SSSR count). The van der Waals surface area contributed by atoms with Crippen molar-refractivity contribution in [2.75, 3.05) is 6.61 Å². The predicted molar refractivity (Wildman–Crippen MR) is 103 cm³/mol. The fourth-order valence-corrected chi connectivity index (χ4v) is 4.89. The molecule has 4 heteroatoms. The second kappa shape index (κ2) is 5.83. The minimum atomic E-state index is 0.235. The predicted octanol–water partition coefficient (Wildman–Crippen LogP) is 4.89. The molecule has 134 valence electrons. The second-order valence-electron chi connectivity index (χ2n) is 8.20. The van der Waals surface area contributed by atoms with E-state index in [1.54, 1.807) is 0 Å². The van der Waals surface area contributed by atoms with Gasteiger partial charge in [0.2, 0.25) is 0 Å². The van der Waals surface area contributed by atoms with Crippen molar-refractivity contribution in [3.63, 3.8) is 0 Å². The molecular weight excluding hydrogens is 322 g/mol. The van der Waals surface area contributed by atoms with E-state index in [2.05, 4.69) is 54.1 Å². The number of aromatic amines is 1. The van der Waals surface area contributed by atoms with Gasteiger partial charge in [0.15, 0.2) is 5.65 Å². The smallest absolute Gasteiger partial charge is 0.177 e. The molecule has 2 aliphatic rings. The number of H-pyrrole nitrogens is 1. The maximum absolute atomic E-state index is 6.00. The molecule has 2 aromatic heterocycles. The van der Waals surface area contributed by atoms with E-state index in [9.17, 15) is 0 Å². The van der Waals surface area contributed by atoms with E-state index in [-0.39, 0.29) is 5.41 Å². The Bertz CT molecular complexity index is 953. The average Bonchev–Trinajstić information content (AvgIpc) is 3.24. The quantitative estimate of drug-likeness (QED) is 0.718. The largest absolute Gasteiger partial charge is 0.492 e. The van der Waals surface area contributed by atoms with Crippen molar-refractivity contribution in [1.82, 2.24) is 15.0 Å². The Balaban J connectivity index is 1.35. The fraction of sp³-hybridized carbons (Fsp3) is 0.455. The van der Waals surface area contributed by atoms with E-state index in [1.807, 2.05) is 6.20 Å². The summed E-state index contributed by atoms with van der Waals surface area (Å²) in [6, 6.07) is 10.7. The van der Waals surface area contributed by atoms with Crippen LogP contribution in [0.2, 0.25) is 0 Å². The van der Waals surface area contributed by atoms with Crippen molar-refractivity contribution in [2.24, 2.45) is 5.92 Å². The number of imidazole rings is 1. The zero-order valence-corrected chi connectivity index (χ0v) is 15.5. The first-order valence-electron chi connectivity index (χ1n) is 9.69. The number of para-hydroxylation sites is 1. The summed E-state index contributed by atoms with van der Waals surface area (Å²) >= 11 is 0. The third-order valence-corrected chi connectivity index (χ3v) is 6.58. The van der Waals surface area contributed by atoms with Gasteiger partial charge in [-0.1, -0.05) is 25.1 Å². The van der Waals surface area contributed by atoms with Gasteiger partial charge in [0, 0.05) is 23.1 Å². The minimum absolute atomic E-state index is 0.235. The van der Waals surface area contributed by atoms with Crippen LogP contribution < -0.4 is 4.74 Å². The van der Waals surface area contributed by atoms with Crippen LogP contribution in [0.1, 0.15) is 55.5 Å². The van der Waals surface area contributed by atoms with Gasteiger partial charge in [-0.2, -0.15) is 0 Å². The lowest BCUT2D eigenvalue weighted by atomic mass is 9.65. The van der Waals surface area contributed by atoms with Gasteiger partial charge in [-0.25, -0.2) is 9.97 Å². The van der Waals surface area contributed by atoms with Crippen molar-refractivity contribution in [3.05, 3.63) is 53.5 Å². The van der Waals surface area contributed by atoms with Crippen molar-refractivity contribution in [2.45, 2.75) is 50.9 Å². The molecular formula is C22H25N3O. The molecule has 0 radical (unpaired) electrons. The van der Waals surface area contributed by atoms with E-state index in [0.717, 1.165) is 29.3 Å². The summed E-state index contributed by atoms with van der Waals surface area (Å²) < 4.78 is 6.00. The molecule has 0 bridgehead atoms. The van der Waals surface area contributed by atoms with E-state index in [1.165, 1.54) is 36.8 Å². The molecule has 0 saturated heterocycles. The van der Waals surface area contributed by atoms with Crippen LogP contribution in [0.4, 0.5) is 0 Å². The standard InChI is InChI=1S/C22H25N3O/c1-14-11-18-21(23-12-14)25-20(24-18)15(2)16-7-9-22(10-8-16)13-26-19-6-4-3-5-17(19)22/h3-6,11-12,15-16H,7-10,13H2,1-2H3,(H,23,24,25). The summed E-state index contributed by atoms with van der Waals surface area (Å²) in [6.45, 7) is 5.23. The third kappa shape index (κ3) is 2.43. The zero-order chi connectivity index (χ0) is 17.7. The molecule has 4 nitrogen and oxygen atoms in total. The summed E-state index contributed by atoms with van der Waals surface area (Å²) in [5.41, 5.74) is 4.72. The number of nitrogens with zero attached hydrogens (tertiary/aromatic N) is 2. The first-order chi connectivity index (χ1) is 12.6. The molecule has 1 aromatic carbocycles. The number of rotatable bonds is 2. The number of pyridine rings is 1. The molecule has 1 fully saturated rings. The number of ether oxygens (including phenoxy) is 1. The number of hydrogen-bond donors (Lipinski definition) is 1. The molecule has 1 saturated carbocycles. The van der Waals surface area contributed by atoms with Gasteiger partial charge in [-0.3, -0.25) is 0 Å². The van der Waals surface area contributed by atoms with E-state index in [4.69, 9.17) is 9.72 Å². The lowest BCUT2D eigenvalue weighted by molar-refractivity contribution is 0.169. The van der Waals surface area contributed by atoms with Crippen LogP contribution in [0.5, 0.6) is 5.75 Å². The Kier molecular flexibility index (Phi) is 3.56. The third-order valence-electron chi connectivity index (χ3n) is 6.58. The summed E-state index contributed by atoms with van der Waals surface area (Å²) in [4.78, 5) is 12.7. The molecule has 0 amide bonds. The maximum atomic E-state index is 6.00. The highest BCUT2D eigenvalue weighted by Crippen LogP contribution is 2.50. The van der Waals surface area contributed by atoms with E-state index in [0.29, 0.717) is 11.8 Å². The van der Waals surface area contributed by atoms with Gasteiger partial charge in [-0.05, 0) is 56.2 Å². The van der Waals surface area contributed by atoms with Gasteiger partial charge >= 0.3 is 0 Å². The zero-order valence-electron chi connectivity index (χ0n) is 15.5. The monoisotopic (exact) mass is 347 g/mol. The Morgan fingerprint density at radius 2 is 2.04 bits per heavy atom. The molecule has 1 unspecified atom stereocenters. The highest BCUT2D eigenvalue weighted by molar-refractivity contribution is 5.71. The molecule has 26 heavy (non-hydrogen) atoms. The topological polar surface area (TPSA) is 50.8 Å². The molecule has 1 N–H and O–H groups in total. The van der Waals surface area contributed by atoms with Crippen LogP contribution >= 0.6 is 0 Å². The molecule has 1 spiro atoms. The molecule has 3 heterocycles. The lowest BCUT2D eigenvalue weighted by Gasteiger charge is -2.38. The average molecular weight is 347 g/mol. The van der Waals surface area contributed by atoms with Crippen LogP contribution in [0, 0.1) is 12.8 Å². The van der Waals surface area contributed by atoms with Crippen LogP contribution in [-0.4, -0.2) is 21.6 Å². The van der Waals surface area contributed by atoms with Crippen LogP contribution in [0.15, 0.2) is 36.5 Å². The van der Waals surface area contributed by atoms with E-state index < -0.39 is 0 Å². The van der Waals surface area contributed by atoms with Crippen molar-refractivity contribution >= 4 is 11.2 Å². The Labute approximate surface area is 154 Å². The summed E-state index contributed by atoms with van der Waals surface area (Å²) in [6.07, 6.45) is 6.75. The van der Waals surface area contributed by atoms with Crippen LogP contribution in [0.25, 0.3) is 11.2 Å². The van der Waals surface area contributed by atoms with Gasteiger partial charge < -0.3 is 9.72 Å². The highest BCUT2D eigenvalue weighted by atomic mass is 16.5. The van der Waals surface area contributed by atoms with Gasteiger partial charge in [0.1, 0.15) is 11.6 Å². The number of aromatic nitrogens is 3. The van der Waals surface area contributed by atoms with Crippen LogP contribution in [0.3, 0.4) is 0 Å².